The Bertz CT molecular complexity index is 2200. The smallest absolute Gasteiger partial charge is 0.332 e. The summed E-state index contributed by atoms with van der Waals surface area (Å²) in [5.74, 6) is -0.958. The van der Waals surface area contributed by atoms with Crippen molar-refractivity contribution >= 4 is 29.0 Å². The number of halogens is 1. The standard InChI is InChI=1S/C34H32ClN5O8/c1-16-13-19-24(29(41)34(16)30(42)25-20(45-5)14-21(46-6)27(35)28(25)48-34)23(26-31(37-19)39(3)33(44)40(4)32(26)43)17-7-9-18(10-8-17)47-15-22-36-11-12-38(22)2/h7-12,14,16,23,37H,13,15H2,1-6H3/t16-,23+,34+/m1/s1. The van der Waals surface area contributed by atoms with E-state index in [2.05, 4.69) is 10.3 Å². The summed E-state index contributed by atoms with van der Waals surface area (Å²) >= 11 is 6.64. The number of ether oxygens (including phenoxy) is 4. The molecule has 2 aromatic heterocycles. The number of carbonyl (C=O) groups is 2. The molecule has 2 aliphatic heterocycles. The fourth-order valence-corrected chi connectivity index (χ4v) is 7.23. The van der Waals surface area contributed by atoms with E-state index in [9.17, 15) is 14.4 Å². The second-order valence-corrected chi connectivity index (χ2v) is 12.5. The minimum Gasteiger partial charge on any atom is -0.496 e. The average molecular weight is 674 g/mol. The van der Waals surface area contributed by atoms with Gasteiger partial charge in [-0.2, -0.15) is 0 Å². The summed E-state index contributed by atoms with van der Waals surface area (Å²) in [5, 5.41) is 3.25. The van der Waals surface area contributed by atoms with Crippen molar-refractivity contribution in [3.8, 4) is 23.0 Å². The topological polar surface area (TPSA) is 145 Å². The highest BCUT2D eigenvalue weighted by Gasteiger charge is 2.63. The number of imidazole rings is 1. The molecule has 14 heteroatoms. The van der Waals surface area contributed by atoms with Gasteiger partial charge in [0.05, 0.1) is 19.8 Å². The van der Waals surface area contributed by atoms with E-state index < -0.39 is 40.3 Å². The molecule has 1 N–H and O–H groups in total. The average Bonchev–Trinajstić information content (AvgIpc) is 3.65. The molecular weight excluding hydrogens is 642 g/mol. The Hall–Kier alpha value is -5.30. The number of aryl methyl sites for hydroxylation is 1. The van der Waals surface area contributed by atoms with Crippen LogP contribution in [0.5, 0.6) is 23.0 Å². The molecule has 0 bridgehead atoms. The molecule has 2 aromatic carbocycles. The van der Waals surface area contributed by atoms with Crippen LogP contribution in [0.1, 0.15) is 46.6 Å². The van der Waals surface area contributed by atoms with Crippen LogP contribution in [0.4, 0.5) is 5.82 Å². The fourth-order valence-electron chi connectivity index (χ4n) is 6.96. The van der Waals surface area contributed by atoms with E-state index in [-0.39, 0.29) is 57.8 Å². The second-order valence-electron chi connectivity index (χ2n) is 12.1. The van der Waals surface area contributed by atoms with E-state index in [1.54, 1.807) is 44.4 Å². The molecule has 13 nitrogen and oxygen atoms in total. The van der Waals surface area contributed by atoms with Crippen LogP contribution in [0, 0.1) is 5.92 Å². The van der Waals surface area contributed by atoms with Crippen LogP contribution < -0.4 is 35.5 Å². The molecule has 3 aliphatic rings. The summed E-state index contributed by atoms with van der Waals surface area (Å²) in [6.07, 6.45) is 3.69. The third kappa shape index (κ3) is 4.26. The van der Waals surface area contributed by atoms with Gasteiger partial charge < -0.3 is 28.8 Å². The number of benzene rings is 2. The molecule has 0 radical (unpaired) electrons. The molecule has 0 fully saturated rings. The van der Waals surface area contributed by atoms with Crippen LogP contribution in [0.2, 0.25) is 5.02 Å². The maximum atomic E-state index is 15.0. The van der Waals surface area contributed by atoms with Gasteiger partial charge in [-0.3, -0.25) is 23.5 Å². The number of hydrogen-bond donors (Lipinski definition) is 1. The van der Waals surface area contributed by atoms with Crippen LogP contribution in [-0.2, 0) is 32.5 Å². The number of anilines is 1. The summed E-state index contributed by atoms with van der Waals surface area (Å²) < 4.78 is 27.4. The van der Waals surface area contributed by atoms with Gasteiger partial charge in [-0.25, -0.2) is 9.78 Å². The number of allylic oxidation sites excluding steroid dienone is 1. The number of rotatable bonds is 6. The molecule has 0 amide bonds. The zero-order chi connectivity index (χ0) is 34.2. The molecule has 0 saturated heterocycles. The van der Waals surface area contributed by atoms with Gasteiger partial charge in [0.2, 0.25) is 17.2 Å². The van der Waals surface area contributed by atoms with E-state index >= 15 is 4.79 Å². The summed E-state index contributed by atoms with van der Waals surface area (Å²) in [5.41, 5.74) is -1.65. The Morgan fingerprint density at radius 2 is 1.73 bits per heavy atom. The normalized spacial score (nSPS) is 21.0. The van der Waals surface area contributed by atoms with Gasteiger partial charge in [-0.05, 0) is 24.1 Å². The summed E-state index contributed by atoms with van der Waals surface area (Å²) in [7, 11) is 7.63. The van der Waals surface area contributed by atoms with Crippen LogP contribution in [0.15, 0.2) is 63.6 Å². The Kier molecular flexibility index (Phi) is 7.27. The minimum atomic E-state index is -2.00. The van der Waals surface area contributed by atoms with Crippen molar-refractivity contribution in [1.29, 1.82) is 0 Å². The van der Waals surface area contributed by atoms with E-state index in [0.717, 1.165) is 10.4 Å². The lowest BCUT2D eigenvalue weighted by Gasteiger charge is -2.42. The highest BCUT2D eigenvalue weighted by atomic mass is 35.5. The summed E-state index contributed by atoms with van der Waals surface area (Å²) in [6, 6.07) is 8.48. The van der Waals surface area contributed by atoms with Crippen molar-refractivity contribution in [1.82, 2.24) is 18.7 Å². The van der Waals surface area contributed by atoms with Crippen LogP contribution in [-0.4, -0.2) is 50.1 Å². The molecule has 1 aliphatic carbocycles. The maximum Gasteiger partial charge on any atom is 0.332 e. The number of fused-ring (bicyclic) bond motifs is 2. The van der Waals surface area contributed by atoms with E-state index in [1.165, 1.54) is 31.9 Å². The highest BCUT2D eigenvalue weighted by Crippen LogP contribution is 2.56. The molecule has 3 atom stereocenters. The Balaban J connectivity index is 1.38. The Labute approximate surface area is 279 Å². The quantitative estimate of drug-likeness (QED) is 0.302. The van der Waals surface area contributed by atoms with E-state index in [1.807, 2.05) is 17.8 Å². The van der Waals surface area contributed by atoms with Gasteiger partial charge in [0.25, 0.3) is 5.56 Å². The first-order chi connectivity index (χ1) is 22.9. The monoisotopic (exact) mass is 673 g/mol. The number of hydrogen-bond acceptors (Lipinski definition) is 10. The fraction of sp³-hybridized carbons (Fsp3) is 0.324. The van der Waals surface area contributed by atoms with Gasteiger partial charge in [-0.15, -0.1) is 0 Å². The van der Waals surface area contributed by atoms with Crippen molar-refractivity contribution in [2.24, 2.45) is 27.1 Å². The molecule has 4 aromatic rings. The predicted molar refractivity (Wildman–Crippen MR) is 174 cm³/mol. The van der Waals surface area contributed by atoms with Gasteiger partial charge in [0.1, 0.15) is 46.1 Å². The Morgan fingerprint density at radius 3 is 2.38 bits per heavy atom. The number of Topliss-reactive ketones (excluding diaryl/α,β-unsaturated/α-hetero) is 2. The number of nitrogens with one attached hydrogen (secondary N) is 1. The second kappa shape index (κ2) is 11.2. The molecule has 1 spiro atoms. The molecule has 0 unspecified atom stereocenters. The van der Waals surface area contributed by atoms with Crippen molar-refractivity contribution < 1.29 is 28.5 Å². The highest BCUT2D eigenvalue weighted by molar-refractivity contribution is 6.36. The molecule has 7 rings (SSSR count). The largest absolute Gasteiger partial charge is 0.496 e. The number of nitrogens with zero attached hydrogens (tertiary/aromatic N) is 4. The van der Waals surface area contributed by atoms with Crippen molar-refractivity contribution in [3.63, 3.8) is 0 Å². The van der Waals surface area contributed by atoms with E-state index in [4.69, 9.17) is 30.5 Å². The van der Waals surface area contributed by atoms with Gasteiger partial charge >= 0.3 is 5.69 Å². The van der Waals surface area contributed by atoms with Gasteiger partial charge in [0, 0.05) is 62.7 Å². The lowest BCUT2D eigenvalue weighted by Crippen LogP contribution is -2.58. The number of ketones is 2. The summed E-state index contributed by atoms with van der Waals surface area (Å²) in [4.78, 5) is 60.7. The molecule has 248 valence electrons. The van der Waals surface area contributed by atoms with Crippen LogP contribution in [0.3, 0.4) is 0 Å². The maximum absolute atomic E-state index is 15.0. The first kappa shape index (κ1) is 31.3. The number of methoxy groups -OCH3 is 2. The van der Waals surface area contributed by atoms with Crippen molar-refractivity contribution in [2.45, 2.75) is 31.5 Å². The summed E-state index contributed by atoms with van der Waals surface area (Å²) in [6.45, 7) is 1.97. The SMILES string of the molecule is COc1cc(OC)c2c(c1Cl)O[C@@]1(C(=O)C3=C(C[C@H]1C)Nc1c(c(=O)n(C)c(=O)n1C)[C@H]3c1ccc(OCc3nccn3C)cc1)C2=O. The van der Waals surface area contributed by atoms with Crippen molar-refractivity contribution in [3.05, 3.63) is 102 Å². The Morgan fingerprint density at radius 1 is 1.02 bits per heavy atom. The van der Waals surface area contributed by atoms with Crippen molar-refractivity contribution in [2.75, 3.05) is 19.5 Å². The molecule has 4 heterocycles. The van der Waals surface area contributed by atoms with E-state index in [0.29, 0.717) is 17.0 Å². The minimum absolute atomic E-state index is 0.00430. The number of carbonyl (C=O) groups excluding carboxylic acids is 2. The first-order valence-electron chi connectivity index (χ1n) is 15.2. The lowest BCUT2D eigenvalue weighted by atomic mass is 9.66. The zero-order valence-corrected chi connectivity index (χ0v) is 27.8. The van der Waals surface area contributed by atoms with Gasteiger partial charge in [0.15, 0.2) is 5.75 Å². The molecule has 48 heavy (non-hydrogen) atoms. The predicted octanol–water partition coefficient (Wildman–Crippen LogP) is 3.50. The zero-order valence-electron chi connectivity index (χ0n) is 27.0. The van der Waals surface area contributed by atoms with Crippen LogP contribution in [0.25, 0.3) is 0 Å². The third-order valence-corrected chi connectivity index (χ3v) is 9.94. The first-order valence-corrected chi connectivity index (χ1v) is 15.5. The third-order valence-electron chi connectivity index (χ3n) is 9.58. The number of aromatic nitrogens is 4. The van der Waals surface area contributed by atoms with Crippen LogP contribution >= 0.6 is 11.6 Å². The lowest BCUT2D eigenvalue weighted by molar-refractivity contribution is -0.130. The molecule has 0 saturated carbocycles. The van der Waals surface area contributed by atoms with Gasteiger partial charge in [-0.1, -0.05) is 30.7 Å². The molecular formula is C34H32ClN5O8.